The van der Waals surface area contributed by atoms with E-state index < -0.39 is 4.92 Å². The molecule has 0 aliphatic rings. The number of nitrogens with zero attached hydrogens (tertiary/aromatic N) is 2. The summed E-state index contributed by atoms with van der Waals surface area (Å²) >= 11 is 0. The molecule has 98 valence electrons. The summed E-state index contributed by atoms with van der Waals surface area (Å²) < 4.78 is 4.98. The first-order valence-corrected chi connectivity index (χ1v) is 5.19. The zero-order valence-electron chi connectivity index (χ0n) is 10.1. The summed E-state index contributed by atoms with van der Waals surface area (Å²) in [5.41, 5.74) is 0.908. The van der Waals surface area contributed by atoms with Crippen molar-refractivity contribution in [3.05, 3.63) is 33.9 Å². The molecule has 0 amide bonds. The average Bonchev–Trinajstić information content (AvgIpc) is 2.38. The fourth-order valence-corrected chi connectivity index (χ4v) is 1.25. The molecular weight excluding hydrogens is 240 g/mol. The van der Waals surface area contributed by atoms with E-state index in [0.717, 1.165) is 0 Å². The van der Waals surface area contributed by atoms with Gasteiger partial charge in [0.25, 0.3) is 5.69 Å². The van der Waals surface area contributed by atoms with Gasteiger partial charge in [-0.3, -0.25) is 10.1 Å². The van der Waals surface area contributed by atoms with Crippen LogP contribution < -0.4 is 4.74 Å². The number of non-ortho nitro benzene ring substituents is 1. The molecule has 7 nitrogen and oxygen atoms in total. The first kappa shape index (κ1) is 13.9. The van der Waals surface area contributed by atoms with Gasteiger partial charge in [0.2, 0.25) is 0 Å². The van der Waals surface area contributed by atoms with Crippen molar-refractivity contribution < 1.29 is 19.6 Å². The number of aliphatic hydroxyl groups is 1. The Morgan fingerprint density at radius 1 is 1.50 bits per heavy atom. The fourth-order valence-electron chi connectivity index (χ4n) is 1.25. The molecule has 0 aliphatic carbocycles. The largest absolute Gasteiger partial charge is 0.496 e. The Hall–Kier alpha value is -2.15. The lowest BCUT2D eigenvalue weighted by Crippen LogP contribution is -2.01. The van der Waals surface area contributed by atoms with Crippen LogP contribution in [0, 0.1) is 10.1 Å². The second-order valence-electron chi connectivity index (χ2n) is 3.41. The molecule has 0 heterocycles. The van der Waals surface area contributed by atoms with E-state index in [1.807, 2.05) is 0 Å². The number of benzene rings is 1. The molecule has 7 heteroatoms. The van der Waals surface area contributed by atoms with E-state index in [1.165, 1.54) is 19.2 Å². The highest BCUT2D eigenvalue weighted by molar-refractivity contribution is 5.99. The monoisotopic (exact) mass is 254 g/mol. The summed E-state index contributed by atoms with van der Waals surface area (Å²) in [5.74, 6) is 0.371. The van der Waals surface area contributed by atoms with Crippen LogP contribution in [0.15, 0.2) is 23.4 Å². The topological polar surface area (TPSA) is 94.2 Å². The van der Waals surface area contributed by atoms with Gasteiger partial charge in [-0.2, -0.15) is 0 Å². The minimum absolute atomic E-state index is 0.0728. The van der Waals surface area contributed by atoms with Gasteiger partial charge in [-0.05, 0) is 13.0 Å². The summed E-state index contributed by atoms with van der Waals surface area (Å²) in [6.07, 6.45) is 0. The summed E-state index contributed by atoms with van der Waals surface area (Å²) in [5, 5.41) is 23.0. The van der Waals surface area contributed by atoms with Gasteiger partial charge < -0.3 is 14.7 Å². The Balaban J connectivity index is 3.03. The van der Waals surface area contributed by atoms with Gasteiger partial charge in [0.1, 0.15) is 12.4 Å². The number of nitro benzene ring substituents is 1. The van der Waals surface area contributed by atoms with Crippen LogP contribution in [-0.4, -0.2) is 36.1 Å². The summed E-state index contributed by atoms with van der Waals surface area (Å²) in [7, 11) is 1.43. The average molecular weight is 254 g/mol. The molecule has 0 unspecified atom stereocenters. The number of hydrogen-bond acceptors (Lipinski definition) is 6. The maximum absolute atomic E-state index is 10.8. The Labute approximate surface area is 104 Å². The van der Waals surface area contributed by atoms with Crippen molar-refractivity contribution in [3.8, 4) is 5.75 Å². The molecule has 0 aliphatic heterocycles. The standard InChI is InChI=1S/C11H14N2O5/c1-8(12-18-4-3-14)9-5-10(13(15)16)7-11(6-9)17-2/h5-7,14H,3-4H2,1-2H3. The first-order chi connectivity index (χ1) is 8.58. The minimum Gasteiger partial charge on any atom is -0.496 e. The van der Waals surface area contributed by atoms with Crippen LogP contribution in [0.2, 0.25) is 0 Å². The second-order valence-corrected chi connectivity index (χ2v) is 3.41. The van der Waals surface area contributed by atoms with Gasteiger partial charge in [-0.1, -0.05) is 5.16 Å². The molecule has 18 heavy (non-hydrogen) atoms. The highest BCUT2D eigenvalue weighted by Crippen LogP contribution is 2.23. The van der Waals surface area contributed by atoms with E-state index in [9.17, 15) is 10.1 Å². The SMILES string of the molecule is COc1cc(C(C)=NOCCO)cc([N+](=O)[O-])c1. The summed E-state index contributed by atoms with van der Waals surface area (Å²) in [4.78, 5) is 15.0. The van der Waals surface area contributed by atoms with Gasteiger partial charge in [-0.15, -0.1) is 0 Å². The number of hydrogen-bond donors (Lipinski definition) is 1. The van der Waals surface area contributed by atoms with E-state index in [1.54, 1.807) is 13.0 Å². The van der Waals surface area contributed by atoms with Crippen LogP contribution >= 0.6 is 0 Å². The predicted octanol–water partition coefficient (Wildman–Crippen LogP) is 1.34. The highest BCUT2D eigenvalue weighted by Gasteiger charge is 2.12. The van der Waals surface area contributed by atoms with Crippen LogP contribution in [0.4, 0.5) is 5.69 Å². The highest BCUT2D eigenvalue weighted by atomic mass is 16.6. The number of rotatable bonds is 6. The molecule has 0 bridgehead atoms. The van der Waals surface area contributed by atoms with Crippen LogP contribution in [0.5, 0.6) is 5.75 Å². The third-order valence-corrected chi connectivity index (χ3v) is 2.14. The molecule has 0 radical (unpaired) electrons. The molecule has 1 N–H and O–H groups in total. The maximum Gasteiger partial charge on any atom is 0.273 e. The quantitative estimate of drug-likeness (QED) is 0.358. The zero-order valence-corrected chi connectivity index (χ0v) is 10.1. The first-order valence-electron chi connectivity index (χ1n) is 5.19. The predicted molar refractivity (Wildman–Crippen MR) is 64.9 cm³/mol. The van der Waals surface area contributed by atoms with Crippen molar-refractivity contribution in [2.24, 2.45) is 5.16 Å². The van der Waals surface area contributed by atoms with E-state index in [4.69, 9.17) is 14.7 Å². The molecule has 1 rings (SSSR count). The van der Waals surface area contributed by atoms with E-state index in [0.29, 0.717) is 17.0 Å². The third-order valence-electron chi connectivity index (χ3n) is 2.14. The molecule has 0 atom stereocenters. The van der Waals surface area contributed by atoms with Gasteiger partial charge >= 0.3 is 0 Å². The lowest BCUT2D eigenvalue weighted by Gasteiger charge is -2.05. The van der Waals surface area contributed by atoms with Crippen LogP contribution in [0.1, 0.15) is 12.5 Å². The molecule has 0 fully saturated rings. The second kappa shape index (κ2) is 6.55. The van der Waals surface area contributed by atoms with Crippen LogP contribution in [0.3, 0.4) is 0 Å². The lowest BCUT2D eigenvalue weighted by atomic mass is 10.1. The Morgan fingerprint density at radius 2 is 2.22 bits per heavy atom. The minimum atomic E-state index is -0.506. The summed E-state index contributed by atoms with van der Waals surface area (Å²) in [6, 6.07) is 4.32. The molecule has 0 aromatic heterocycles. The van der Waals surface area contributed by atoms with Crippen LogP contribution in [0.25, 0.3) is 0 Å². The number of oxime groups is 1. The number of nitro groups is 1. The van der Waals surface area contributed by atoms with Gasteiger partial charge in [0.05, 0.1) is 30.4 Å². The molecular formula is C11H14N2O5. The van der Waals surface area contributed by atoms with Crippen molar-refractivity contribution in [2.75, 3.05) is 20.3 Å². The number of aliphatic hydroxyl groups excluding tert-OH is 1. The van der Waals surface area contributed by atoms with E-state index in [2.05, 4.69) is 5.16 Å². The van der Waals surface area contributed by atoms with E-state index >= 15 is 0 Å². The lowest BCUT2D eigenvalue weighted by molar-refractivity contribution is -0.384. The van der Waals surface area contributed by atoms with Gasteiger partial charge in [-0.25, -0.2) is 0 Å². The van der Waals surface area contributed by atoms with Crippen LogP contribution in [-0.2, 0) is 4.84 Å². The fraction of sp³-hybridized carbons (Fsp3) is 0.364. The number of ether oxygens (including phenoxy) is 1. The van der Waals surface area contributed by atoms with Gasteiger partial charge in [0, 0.05) is 11.6 Å². The summed E-state index contributed by atoms with van der Waals surface area (Å²) in [6.45, 7) is 1.58. The van der Waals surface area contributed by atoms with Crippen molar-refractivity contribution in [1.29, 1.82) is 0 Å². The zero-order chi connectivity index (χ0) is 13.5. The van der Waals surface area contributed by atoms with Crippen molar-refractivity contribution >= 4 is 11.4 Å². The maximum atomic E-state index is 10.8. The normalized spacial score (nSPS) is 11.2. The third kappa shape index (κ3) is 3.70. The van der Waals surface area contributed by atoms with Crippen molar-refractivity contribution in [2.45, 2.75) is 6.92 Å². The molecule has 0 saturated carbocycles. The van der Waals surface area contributed by atoms with Gasteiger partial charge in [0.15, 0.2) is 0 Å². The van der Waals surface area contributed by atoms with Crippen molar-refractivity contribution in [3.63, 3.8) is 0 Å². The van der Waals surface area contributed by atoms with Crippen molar-refractivity contribution in [1.82, 2.24) is 0 Å². The molecule has 1 aromatic rings. The molecule has 1 aromatic carbocycles. The Bertz CT molecular complexity index is 459. The smallest absolute Gasteiger partial charge is 0.273 e. The number of methoxy groups -OCH3 is 1. The molecule has 0 spiro atoms. The van der Waals surface area contributed by atoms with E-state index in [-0.39, 0.29) is 18.9 Å². The molecule has 0 saturated heterocycles. The Kier molecular flexibility index (Phi) is 5.06. The Morgan fingerprint density at radius 3 is 2.78 bits per heavy atom.